The van der Waals surface area contributed by atoms with E-state index in [1.807, 2.05) is 16.4 Å². The van der Waals surface area contributed by atoms with E-state index in [-0.39, 0.29) is 86.2 Å². The minimum atomic E-state index is -1.61. The molecule has 402 valence electrons. The van der Waals surface area contributed by atoms with Crippen molar-refractivity contribution in [3.63, 3.8) is 0 Å². The molecule has 2 aliphatic heterocycles. The van der Waals surface area contributed by atoms with E-state index in [1.54, 1.807) is 36.4 Å². The number of pyridine rings is 1. The van der Waals surface area contributed by atoms with Crippen molar-refractivity contribution in [3.05, 3.63) is 94.9 Å². The summed E-state index contributed by atoms with van der Waals surface area (Å²) in [6.45, 7) is 4.59. The van der Waals surface area contributed by atoms with Crippen LogP contribution in [-0.4, -0.2) is 166 Å². The topological polar surface area (TPSA) is 256 Å². The number of hydrogen-bond acceptors (Lipinski definition) is 15. The van der Waals surface area contributed by atoms with Crippen LogP contribution in [0.25, 0.3) is 22.3 Å². The number of aldehydes is 1. The lowest BCUT2D eigenvalue weighted by Gasteiger charge is -2.24. The number of aromatic nitrogens is 1. The van der Waals surface area contributed by atoms with Crippen LogP contribution >= 0.6 is 0 Å². The summed E-state index contributed by atoms with van der Waals surface area (Å²) in [6, 6.07) is 15.5. The molecule has 3 heterocycles. The van der Waals surface area contributed by atoms with E-state index in [1.165, 1.54) is 25.4 Å². The fourth-order valence-corrected chi connectivity index (χ4v) is 9.98. The van der Waals surface area contributed by atoms with E-state index in [4.69, 9.17) is 34.2 Å². The first-order valence-electron chi connectivity index (χ1n) is 25.1. The number of ether oxygens (including phenoxy) is 6. The summed E-state index contributed by atoms with van der Waals surface area (Å²) >= 11 is 0. The molecule has 20 nitrogen and oxygen atoms in total. The van der Waals surface area contributed by atoms with E-state index in [0.29, 0.717) is 112 Å². The average molecular weight is 1060 g/mol. The minimum Gasteiger partial charge on any atom is -0.490 e. The number of halogens is 1. The summed E-state index contributed by atoms with van der Waals surface area (Å²) in [5.74, 6) is -2.17. The number of anilines is 1. The summed E-state index contributed by atoms with van der Waals surface area (Å²) < 4.78 is 64.8. The lowest BCUT2D eigenvalue weighted by molar-refractivity contribution is -0.125. The molecular formula is C53H64FN7O13S. The molecule has 5 N–H and O–H groups in total. The molecule has 7 rings (SSSR count). The Morgan fingerprint density at radius 2 is 1.53 bits per heavy atom. The maximum Gasteiger partial charge on any atom is 0.266 e. The van der Waals surface area contributed by atoms with Gasteiger partial charge < -0.3 is 54.9 Å². The Balaban J connectivity index is 0.686. The Morgan fingerprint density at radius 1 is 0.853 bits per heavy atom. The molecule has 1 fully saturated rings. The number of carbonyl (C=O) groups is 6. The standard InChI is InChI=1S/C53H64FN7O13S/c1-56-51(65)45(6-3-19-62)61-52(66)42-5-2-7-46(48(42)53(61)67)74-30-29-73-28-27-72-26-25-71-24-23-70-22-21-69-20-15-47(63)57-16-4-18-60(38-9-10-38)75(68)39-11-13-40(44(54)33-39)37-32-43(49(55)59-34-37)35-8-12-41-36(31-35)14-17-58-50(41)64/h2,5,7-8,11-13,19,31-34,38,45H,3-4,6,9-10,14-18,20-30H2,1H3,(H2,55,59)(H,56,65)(H,57,63)(H,58,64). The Morgan fingerprint density at radius 3 is 2.20 bits per heavy atom. The van der Waals surface area contributed by atoms with Crippen molar-refractivity contribution in [2.45, 2.75) is 61.9 Å². The van der Waals surface area contributed by atoms with Gasteiger partial charge in [0.25, 0.3) is 17.7 Å². The van der Waals surface area contributed by atoms with Gasteiger partial charge in [0.1, 0.15) is 47.3 Å². The van der Waals surface area contributed by atoms with Gasteiger partial charge in [-0.05, 0) is 79.6 Å². The zero-order chi connectivity index (χ0) is 53.1. The number of hydrogen-bond donors (Lipinski definition) is 4. The highest BCUT2D eigenvalue weighted by Crippen LogP contribution is 2.36. The second-order valence-electron chi connectivity index (χ2n) is 17.7. The van der Waals surface area contributed by atoms with Gasteiger partial charge in [0.2, 0.25) is 11.8 Å². The molecule has 1 aliphatic carbocycles. The molecule has 3 aromatic carbocycles. The molecule has 0 radical (unpaired) electrons. The van der Waals surface area contributed by atoms with Gasteiger partial charge in [0, 0.05) is 74.0 Å². The maximum absolute atomic E-state index is 15.7. The molecule has 2 unspecified atom stereocenters. The van der Waals surface area contributed by atoms with Crippen LogP contribution in [0.15, 0.2) is 71.8 Å². The second kappa shape index (κ2) is 28.4. The van der Waals surface area contributed by atoms with Gasteiger partial charge in [-0.15, -0.1) is 0 Å². The molecule has 5 amide bonds. The fraction of sp³-hybridized carbons (Fsp3) is 0.453. The van der Waals surface area contributed by atoms with Crippen LogP contribution < -0.4 is 26.4 Å². The molecule has 0 bridgehead atoms. The van der Waals surface area contributed by atoms with Gasteiger partial charge in [0.15, 0.2) is 0 Å². The number of benzene rings is 3. The van der Waals surface area contributed by atoms with E-state index >= 15 is 4.39 Å². The van der Waals surface area contributed by atoms with Crippen molar-refractivity contribution in [3.8, 4) is 28.0 Å². The Bertz CT molecular complexity index is 2690. The van der Waals surface area contributed by atoms with E-state index in [0.717, 1.165) is 28.9 Å². The van der Waals surface area contributed by atoms with Crippen molar-refractivity contribution < 1.29 is 65.8 Å². The monoisotopic (exact) mass is 1060 g/mol. The van der Waals surface area contributed by atoms with Gasteiger partial charge in [-0.3, -0.25) is 28.9 Å². The zero-order valence-electron chi connectivity index (χ0n) is 41.9. The number of amides is 5. The van der Waals surface area contributed by atoms with Gasteiger partial charge in [-0.1, -0.05) is 24.3 Å². The molecule has 22 heteroatoms. The summed E-state index contributed by atoms with van der Waals surface area (Å²) in [4.78, 5) is 80.0. The number of imide groups is 1. The third-order valence-electron chi connectivity index (χ3n) is 12.5. The van der Waals surface area contributed by atoms with Crippen molar-refractivity contribution in [2.24, 2.45) is 0 Å². The molecule has 1 aromatic heterocycles. The van der Waals surface area contributed by atoms with Gasteiger partial charge in [-0.2, -0.15) is 0 Å². The molecule has 75 heavy (non-hydrogen) atoms. The first kappa shape index (κ1) is 56.2. The lowest BCUT2D eigenvalue weighted by Crippen LogP contribution is -2.48. The number of fused-ring (bicyclic) bond motifs is 2. The first-order valence-corrected chi connectivity index (χ1v) is 26.2. The molecule has 0 spiro atoms. The number of nitrogens with zero attached hydrogens (tertiary/aromatic N) is 3. The summed E-state index contributed by atoms with van der Waals surface area (Å²) in [7, 11) is -0.214. The normalized spacial score (nSPS) is 14.8. The van der Waals surface area contributed by atoms with Crippen molar-refractivity contribution in [1.82, 2.24) is 30.1 Å². The molecular weight excluding hydrogens is 994 g/mol. The second-order valence-corrected chi connectivity index (χ2v) is 19.1. The molecule has 3 aliphatic rings. The summed E-state index contributed by atoms with van der Waals surface area (Å²) in [5.41, 5.74) is 10.2. The highest BCUT2D eigenvalue weighted by atomic mass is 32.2. The fourth-order valence-electron chi connectivity index (χ4n) is 8.54. The van der Waals surface area contributed by atoms with Gasteiger partial charge in [0.05, 0.1) is 82.1 Å². The van der Waals surface area contributed by atoms with Crippen LogP contribution in [0.4, 0.5) is 10.2 Å². The highest BCUT2D eigenvalue weighted by Gasteiger charge is 2.44. The number of carbonyl (C=O) groups excluding carboxylic acids is 6. The average Bonchev–Trinajstić information content (AvgIpc) is 4.23. The number of nitrogens with two attached hydrogens (primary N) is 1. The van der Waals surface area contributed by atoms with Crippen molar-refractivity contribution in [1.29, 1.82) is 0 Å². The lowest BCUT2D eigenvalue weighted by atomic mass is 9.94. The number of nitrogens with one attached hydrogen (secondary N) is 3. The zero-order valence-corrected chi connectivity index (χ0v) is 42.8. The molecule has 2 atom stereocenters. The highest BCUT2D eigenvalue weighted by molar-refractivity contribution is 7.82. The third-order valence-corrected chi connectivity index (χ3v) is 14.1. The Hall–Kier alpha value is -6.53. The molecule has 0 saturated heterocycles. The largest absolute Gasteiger partial charge is 0.490 e. The first-order chi connectivity index (χ1) is 36.5. The molecule has 1 saturated carbocycles. The smallest absolute Gasteiger partial charge is 0.266 e. The van der Waals surface area contributed by atoms with E-state index in [2.05, 4.69) is 20.9 Å². The van der Waals surface area contributed by atoms with Gasteiger partial charge in [-0.25, -0.2) is 17.9 Å². The van der Waals surface area contributed by atoms with Crippen LogP contribution in [0.5, 0.6) is 5.75 Å². The third kappa shape index (κ3) is 15.3. The SMILES string of the molecule is CNC(=O)C(CCC=O)N1C(=O)c2cccc(OCCOCCOCCOCCOCCOCCC(=O)NCCCN(C3CC3)S(=O)c3ccc(-c4cnc(N)c(-c5ccc6c(c5)CCNC6=O)c4)c(F)c3)c2C1=O. The van der Waals surface area contributed by atoms with Crippen molar-refractivity contribution in [2.75, 3.05) is 105 Å². The predicted molar refractivity (Wildman–Crippen MR) is 274 cm³/mol. The van der Waals surface area contributed by atoms with Crippen LogP contribution in [0.3, 0.4) is 0 Å². The maximum atomic E-state index is 15.7. The van der Waals surface area contributed by atoms with Crippen molar-refractivity contribution >= 4 is 52.6 Å². The minimum absolute atomic E-state index is 0.00682. The Labute approximate surface area is 437 Å². The number of likely N-dealkylation sites (N-methyl/N-ethyl adjacent to an activating group) is 1. The summed E-state index contributed by atoms with van der Waals surface area (Å²) in [5, 5.41) is 8.17. The summed E-state index contributed by atoms with van der Waals surface area (Å²) in [6.07, 6.45) is 5.37. The number of rotatable bonds is 33. The Kier molecular flexibility index (Phi) is 21.3. The van der Waals surface area contributed by atoms with Crippen LogP contribution in [-0.2, 0) is 55.5 Å². The molecule has 4 aromatic rings. The van der Waals surface area contributed by atoms with Crippen LogP contribution in [0.1, 0.15) is 75.2 Å². The van der Waals surface area contributed by atoms with E-state index in [9.17, 15) is 33.0 Å². The predicted octanol–water partition coefficient (Wildman–Crippen LogP) is 3.66. The van der Waals surface area contributed by atoms with E-state index < -0.39 is 40.6 Å². The van der Waals surface area contributed by atoms with Crippen LogP contribution in [0.2, 0.25) is 0 Å². The quantitative estimate of drug-likeness (QED) is 0.0302. The van der Waals surface area contributed by atoms with Gasteiger partial charge >= 0.3 is 0 Å². The van der Waals surface area contributed by atoms with Crippen LogP contribution in [0, 0.1) is 5.82 Å². The number of nitrogen functional groups attached to an aromatic ring is 1.